The molecule has 0 fully saturated rings. The van der Waals surface area contributed by atoms with E-state index >= 15 is 0 Å². The summed E-state index contributed by atoms with van der Waals surface area (Å²) in [6.07, 6.45) is 1.76. The zero-order valence-corrected chi connectivity index (χ0v) is 16.8. The van der Waals surface area contributed by atoms with Crippen molar-refractivity contribution in [3.05, 3.63) is 59.1 Å². The molecule has 0 aliphatic carbocycles. The summed E-state index contributed by atoms with van der Waals surface area (Å²) in [6, 6.07) is 11.6. The second-order valence-electron chi connectivity index (χ2n) is 5.88. The normalized spacial score (nSPS) is 10.9. The summed E-state index contributed by atoms with van der Waals surface area (Å²) in [5, 5.41) is 3.03. The van der Waals surface area contributed by atoms with E-state index in [2.05, 4.69) is 10.0 Å². The van der Waals surface area contributed by atoms with Crippen LogP contribution in [0.5, 0.6) is 0 Å². The Hall–Kier alpha value is -2.58. The van der Waals surface area contributed by atoms with Crippen molar-refractivity contribution in [2.24, 2.45) is 0 Å². The largest absolute Gasteiger partial charge is 0.452 e. The third kappa shape index (κ3) is 6.24. The van der Waals surface area contributed by atoms with Crippen molar-refractivity contribution >= 4 is 39.2 Å². The van der Waals surface area contributed by atoms with Crippen LogP contribution in [0.4, 0.5) is 5.69 Å². The summed E-state index contributed by atoms with van der Waals surface area (Å²) in [5.74, 6) is -1.22. The Morgan fingerprint density at radius 1 is 1.07 bits per heavy atom. The molecule has 0 aliphatic rings. The first-order chi connectivity index (χ1) is 13.3. The lowest BCUT2D eigenvalue weighted by molar-refractivity contribution is -0.124. The lowest BCUT2D eigenvalue weighted by Crippen LogP contribution is -2.29. The lowest BCUT2D eigenvalue weighted by atomic mass is 10.2. The van der Waals surface area contributed by atoms with Gasteiger partial charge in [-0.2, -0.15) is 0 Å². The van der Waals surface area contributed by atoms with Crippen LogP contribution in [0.2, 0.25) is 5.02 Å². The molecule has 0 saturated carbocycles. The maximum Gasteiger partial charge on any atom is 0.340 e. The highest BCUT2D eigenvalue weighted by Gasteiger charge is 2.20. The zero-order chi connectivity index (χ0) is 20.6. The van der Waals surface area contributed by atoms with E-state index in [4.69, 9.17) is 16.3 Å². The lowest BCUT2D eigenvalue weighted by Gasteiger charge is -2.12. The maximum atomic E-state index is 12.5. The van der Waals surface area contributed by atoms with E-state index in [0.717, 1.165) is 12.8 Å². The van der Waals surface area contributed by atoms with Crippen LogP contribution in [0, 0.1) is 0 Å². The minimum atomic E-state index is -3.93. The van der Waals surface area contributed by atoms with Gasteiger partial charge in [0.1, 0.15) is 0 Å². The molecule has 2 aromatic carbocycles. The minimum absolute atomic E-state index is 0.00129. The maximum absolute atomic E-state index is 12.5. The molecule has 0 radical (unpaired) electrons. The molecule has 9 heteroatoms. The first-order valence-electron chi connectivity index (χ1n) is 8.64. The Morgan fingerprint density at radius 3 is 2.43 bits per heavy atom. The molecular weight excluding hydrogens is 404 g/mol. The second kappa shape index (κ2) is 10.1. The van der Waals surface area contributed by atoms with Crippen molar-refractivity contribution in [1.29, 1.82) is 0 Å². The number of hydrogen-bond acceptors (Lipinski definition) is 5. The van der Waals surface area contributed by atoms with Crippen LogP contribution in [0.15, 0.2) is 53.4 Å². The van der Waals surface area contributed by atoms with Crippen LogP contribution in [-0.2, 0) is 19.6 Å². The van der Waals surface area contributed by atoms with Crippen LogP contribution in [0.3, 0.4) is 0 Å². The number of unbranched alkanes of at least 4 members (excludes halogenated alkanes) is 1. The molecule has 0 saturated heterocycles. The standard InChI is InChI=1S/C19H21ClN2O5S/c1-2-3-12-21-18(23)13-27-19(24)16-6-4-5-7-17(16)22-28(25,26)15-10-8-14(20)9-11-15/h4-11,22H,2-3,12-13H2,1H3,(H,21,23). The van der Waals surface area contributed by atoms with E-state index in [1.807, 2.05) is 6.92 Å². The van der Waals surface area contributed by atoms with Gasteiger partial charge in [0.25, 0.3) is 15.9 Å². The molecular formula is C19H21ClN2O5S. The highest BCUT2D eigenvalue weighted by molar-refractivity contribution is 7.92. The fourth-order valence-electron chi connectivity index (χ4n) is 2.23. The highest BCUT2D eigenvalue weighted by Crippen LogP contribution is 2.22. The number of ether oxygens (including phenoxy) is 1. The smallest absolute Gasteiger partial charge is 0.340 e. The van der Waals surface area contributed by atoms with Crippen molar-refractivity contribution in [3.8, 4) is 0 Å². The summed E-state index contributed by atoms with van der Waals surface area (Å²) in [6.45, 7) is 2.05. The number of anilines is 1. The average molecular weight is 425 g/mol. The molecule has 0 aliphatic heterocycles. The quantitative estimate of drug-likeness (QED) is 0.475. The molecule has 7 nitrogen and oxygen atoms in total. The number of hydrogen-bond donors (Lipinski definition) is 2. The number of amides is 1. The van der Waals surface area contributed by atoms with Crippen molar-refractivity contribution in [1.82, 2.24) is 5.32 Å². The van der Waals surface area contributed by atoms with Gasteiger partial charge in [0.15, 0.2) is 6.61 Å². The summed E-state index contributed by atoms with van der Waals surface area (Å²) < 4.78 is 32.4. The topological polar surface area (TPSA) is 102 Å². The van der Waals surface area contributed by atoms with Gasteiger partial charge in [-0.05, 0) is 42.8 Å². The van der Waals surface area contributed by atoms with Crippen LogP contribution >= 0.6 is 11.6 Å². The molecule has 150 valence electrons. The second-order valence-corrected chi connectivity index (χ2v) is 8.00. The number of carbonyl (C=O) groups is 2. The number of esters is 1. The first-order valence-corrected chi connectivity index (χ1v) is 10.5. The van der Waals surface area contributed by atoms with Crippen molar-refractivity contribution in [3.63, 3.8) is 0 Å². The molecule has 1 amide bonds. The minimum Gasteiger partial charge on any atom is -0.452 e. The predicted octanol–water partition coefficient (Wildman–Crippen LogP) is 3.21. The number of nitrogens with one attached hydrogen (secondary N) is 2. The first kappa shape index (κ1) is 21.7. The van der Waals surface area contributed by atoms with Gasteiger partial charge in [-0.15, -0.1) is 0 Å². The monoisotopic (exact) mass is 424 g/mol. The van der Waals surface area contributed by atoms with Crippen molar-refractivity contribution < 1.29 is 22.7 Å². The number of carbonyl (C=O) groups excluding carboxylic acids is 2. The Kier molecular flexibility index (Phi) is 7.83. The Labute approximate surface area is 169 Å². The van der Waals surface area contributed by atoms with Gasteiger partial charge >= 0.3 is 5.97 Å². The summed E-state index contributed by atoms with van der Waals surface area (Å²) in [7, 11) is -3.93. The molecule has 0 unspecified atom stereocenters. The van der Waals surface area contributed by atoms with E-state index < -0.39 is 28.5 Å². The van der Waals surface area contributed by atoms with Gasteiger partial charge in [0.2, 0.25) is 0 Å². The number of halogens is 1. The molecule has 2 rings (SSSR count). The van der Waals surface area contributed by atoms with Crippen molar-refractivity contribution in [2.75, 3.05) is 17.9 Å². The van der Waals surface area contributed by atoms with E-state index in [0.29, 0.717) is 11.6 Å². The third-order valence-corrected chi connectivity index (χ3v) is 5.34. The van der Waals surface area contributed by atoms with Crippen LogP contribution in [0.1, 0.15) is 30.1 Å². The fourth-order valence-corrected chi connectivity index (χ4v) is 3.44. The number of sulfonamides is 1. The Bertz CT molecular complexity index is 930. The highest BCUT2D eigenvalue weighted by atomic mass is 35.5. The van der Waals surface area contributed by atoms with Gasteiger partial charge in [-0.25, -0.2) is 13.2 Å². The average Bonchev–Trinajstić information content (AvgIpc) is 2.67. The van der Waals surface area contributed by atoms with Gasteiger partial charge in [-0.3, -0.25) is 9.52 Å². The van der Waals surface area contributed by atoms with Gasteiger partial charge < -0.3 is 10.1 Å². The molecule has 0 aromatic heterocycles. The summed E-state index contributed by atoms with van der Waals surface area (Å²) in [4.78, 5) is 24.0. The number of para-hydroxylation sites is 1. The number of benzene rings is 2. The third-order valence-electron chi connectivity index (χ3n) is 3.70. The number of rotatable bonds is 9. The van der Waals surface area contributed by atoms with Gasteiger partial charge in [0, 0.05) is 11.6 Å². The summed E-state index contributed by atoms with van der Waals surface area (Å²) in [5.41, 5.74) is 0.0511. The van der Waals surface area contributed by atoms with Crippen LogP contribution in [0.25, 0.3) is 0 Å². The van der Waals surface area contributed by atoms with E-state index in [1.54, 1.807) is 12.1 Å². The molecule has 28 heavy (non-hydrogen) atoms. The molecule has 0 spiro atoms. The molecule has 2 N–H and O–H groups in total. The molecule has 2 aromatic rings. The Balaban J connectivity index is 2.08. The van der Waals surface area contributed by atoms with E-state index in [-0.39, 0.29) is 16.1 Å². The van der Waals surface area contributed by atoms with E-state index in [1.165, 1.54) is 36.4 Å². The fraction of sp³-hybridized carbons (Fsp3) is 0.263. The Morgan fingerprint density at radius 2 is 1.75 bits per heavy atom. The van der Waals surface area contributed by atoms with Crippen LogP contribution in [-0.4, -0.2) is 33.4 Å². The zero-order valence-electron chi connectivity index (χ0n) is 15.3. The molecule has 0 atom stereocenters. The summed E-state index contributed by atoms with van der Waals surface area (Å²) >= 11 is 5.78. The van der Waals surface area contributed by atoms with E-state index in [9.17, 15) is 18.0 Å². The van der Waals surface area contributed by atoms with Gasteiger partial charge in [0.05, 0.1) is 16.1 Å². The van der Waals surface area contributed by atoms with Crippen molar-refractivity contribution in [2.45, 2.75) is 24.7 Å². The molecule has 0 heterocycles. The van der Waals surface area contributed by atoms with Crippen LogP contribution < -0.4 is 10.0 Å². The predicted molar refractivity (Wildman–Crippen MR) is 107 cm³/mol. The van der Waals surface area contributed by atoms with Gasteiger partial charge in [-0.1, -0.05) is 37.1 Å². The SMILES string of the molecule is CCCCNC(=O)COC(=O)c1ccccc1NS(=O)(=O)c1ccc(Cl)cc1. The molecule has 0 bridgehead atoms.